The van der Waals surface area contributed by atoms with E-state index in [1.807, 2.05) is 0 Å². The topological polar surface area (TPSA) is 221 Å². The fourth-order valence-corrected chi connectivity index (χ4v) is 7.39. The summed E-state index contributed by atoms with van der Waals surface area (Å²) in [4.78, 5) is 79.6. The summed E-state index contributed by atoms with van der Waals surface area (Å²) in [6.07, 6.45) is 5.78. The lowest BCUT2D eigenvalue weighted by Crippen LogP contribution is -2.54. The number of likely N-dealkylation sites (tertiary alicyclic amines) is 2. The van der Waals surface area contributed by atoms with Gasteiger partial charge in [0.25, 0.3) is 0 Å². The van der Waals surface area contributed by atoms with E-state index >= 15 is 4.39 Å². The molecule has 5 heterocycles. The molecule has 4 aromatic rings. The third-order valence-corrected chi connectivity index (χ3v) is 10.7. The molecule has 1 unspecified atom stereocenters. The lowest BCUT2D eigenvalue weighted by Gasteiger charge is -2.34. The molecule has 1 aromatic carbocycles. The molecular formula is C38H47FN10O8. The van der Waals surface area contributed by atoms with Crippen LogP contribution in [0, 0.1) is 5.82 Å². The number of carbonyl (C=O) groups is 4. The highest BCUT2D eigenvalue weighted by molar-refractivity contribution is 5.87. The first-order valence-electron chi connectivity index (χ1n) is 18.6. The molecule has 3 aromatic heterocycles. The van der Waals surface area contributed by atoms with Crippen molar-refractivity contribution in [1.29, 1.82) is 0 Å². The van der Waals surface area contributed by atoms with E-state index in [4.69, 9.17) is 14.2 Å². The molecular weight excluding hydrogens is 743 g/mol. The molecule has 6 atom stereocenters. The predicted octanol–water partition coefficient (Wildman–Crippen LogP) is 4.16. The lowest BCUT2D eigenvalue weighted by atomic mass is 10.1. The minimum atomic E-state index is -1.25. The lowest BCUT2D eigenvalue weighted by molar-refractivity contribution is -0.141. The minimum absolute atomic E-state index is 0.259. The number of aromatic nitrogens is 6. The molecule has 2 fully saturated rings. The van der Waals surface area contributed by atoms with Gasteiger partial charge < -0.3 is 44.4 Å². The van der Waals surface area contributed by atoms with E-state index in [0.717, 1.165) is 11.3 Å². The van der Waals surface area contributed by atoms with Crippen LogP contribution in [0.25, 0.3) is 33.9 Å². The second kappa shape index (κ2) is 17.5. The first-order valence-corrected chi connectivity index (χ1v) is 18.6. The van der Waals surface area contributed by atoms with Crippen molar-refractivity contribution in [3.05, 3.63) is 60.5 Å². The standard InChI is InChI=1S/C38H47FN10O8/c1-20(55-4)30(46-37(52)57-6)35(50)48-13-7-9-28(48)33-42-18-26(44-33)23-16-40-32(41-17-23)22-11-12-24(25(39)15-22)27-19-43-34(45-27)29-10-8-14-49(29)36(51)31(21(2)56-5)47(3)38(53)54/h11-12,15-21,28-31H,7-10,13-14H2,1-6H3,(H,42,44)(H,43,45)(H,46,52)(H,53,54)/t20?,21-,28+,29+,30+,31+/m1/s1. The van der Waals surface area contributed by atoms with Gasteiger partial charge in [-0.3, -0.25) is 14.5 Å². The molecule has 2 aliphatic heterocycles. The number of alkyl carbamates (subject to hydrolysis) is 1. The Morgan fingerprint density at radius 3 is 1.98 bits per heavy atom. The molecule has 4 N–H and O–H groups in total. The number of carboxylic acid groups (broad SMARTS) is 1. The van der Waals surface area contributed by atoms with Crippen molar-refractivity contribution in [3.8, 4) is 33.9 Å². The highest BCUT2D eigenvalue weighted by atomic mass is 19.1. The van der Waals surface area contributed by atoms with Crippen LogP contribution < -0.4 is 5.32 Å². The highest BCUT2D eigenvalue weighted by Gasteiger charge is 2.41. The number of carbonyl (C=O) groups excluding carboxylic acids is 3. The van der Waals surface area contributed by atoms with Gasteiger partial charge >= 0.3 is 12.2 Å². The first kappa shape index (κ1) is 40.7. The zero-order chi connectivity index (χ0) is 41.0. The van der Waals surface area contributed by atoms with Crippen LogP contribution in [0.4, 0.5) is 14.0 Å². The number of imidazole rings is 2. The highest BCUT2D eigenvalue weighted by Crippen LogP contribution is 2.35. The molecule has 0 bridgehead atoms. The Bertz CT molecular complexity index is 2080. The van der Waals surface area contributed by atoms with E-state index in [1.165, 1.54) is 40.6 Å². The van der Waals surface area contributed by atoms with Gasteiger partial charge in [0.05, 0.1) is 55.2 Å². The fraction of sp³-hybridized carbons (Fsp3) is 0.474. The SMILES string of the molecule is COC(=O)N[C@H](C(=O)N1CCC[C@H]1c1ncc(-c2cnc(-c3ccc(-c4cnc([C@@H]5CCCN5C(=O)[C@H]([C@@H](C)OC)N(C)C(=O)O)[nH]4)c(F)c3)nc2)[nH]1)C(C)OC. The van der Waals surface area contributed by atoms with E-state index in [0.29, 0.717) is 72.3 Å². The van der Waals surface area contributed by atoms with Crippen LogP contribution in [0.5, 0.6) is 0 Å². The number of hydrogen-bond donors (Lipinski definition) is 4. The number of amides is 4. The van der Waals surface area contributed by atoms with Crippen molar-refractivity contribution < 1.29 is 42.9 Å². The molecule has 0 radical (unpaired) electrons. The maximum absolute atomic E-state index is 15.7. The van der Waals surface area contributed by atoms with E-state index in [2.05, 4.69) is 35.2 Å². The predicted molar refractivity (Wildman–Crippen MR) is 202 cm³/mol. The van der Waals surface area contributed by atoms with Crippen LogP contribution in [0.2, 0.25) is 0 Å². The third kappa shape index (κ3) is 8.43. The number of likely N-dealkylation sites (N-methyl/N-ethyl adjacent to an activating group) is 1. The molecule has 19 heteroatoms. The van der Waals surface area contributed by atoms with Gasteiger partial charge in [-0.1, -0.05) is 6.07 Å². The van der Waals surface area contributed by atoms with E-state index < -0.39 is 54.2 Å². The summed E-state index contributed by atoms with van der Waals surface area (Å²) in [7, 11) is 5.45. The molecule has 18 nitrogen and oxygen atoms in total. The number of nitrogens with zero attached hydrogens (tertiary/aromatic N) is 7. The van der Waals surface area contributed by atoms with Crippen LogP contribution in [0.1, 0.15) is 63.3 Å². The number of aromatic amines is 2. The van der Waals surface area contributed by atoms with Gasteiger partial charge in [0.1, 0.15) is 29.5 Å². The van der Waals surface area contributed by atoms with E-state index in [9.17, 15) is 24.3 Å². The Morgan fingerprint density at radius 1 is 0.842 bits per heavy atom. The Labute approximate surface area is 328 Å². The summed E-state index contributed by atoms with van der Waals surface area (Å²) in [5, 5.41) is 12.2. The zero-order valence-corrected chi connectivity index (χ0v) is 32.6. The summed E-state index contributed by atoms with van der Waals surface area (Å²) in [6.45, 7) is 4.23. The average molecular weight is 791 g/mol. The molecule has 2 aliphatic rings. The first-order chi connectivity index (χ1) is 27.4. The molecule has 0 spiro atoms. The number of nitrogens with one attached hydrogen (secondary N) is 3. The normalized spacial score (nSPS) is 18.9. The third-order valence-electron chi connectivity index (χ3n) is 10.7. The fourth-order valence-electron chi connectivity index (χ4n) is 7.39. The number of H-pyrrole nitrogens is 2. The van der Waals surface area contributed by atoms with Crippen LogP contribution in [-0.4, -0.2) is 139 Å². The Kier molecular flexibility index (Phi) is 12.5. The summed E-state index contributed by atoms with van der Waals surface area (Å²) in [6, 6.07) is 1.83. The van der Waals surface area contributed by atoms with Crippen molar-refractivity contribution in [3.63, 3.8) is 0 Å². The second-order valence-electron chi connectivity index (χ2n) is 14.1. The quantitative estimate of drug-likeness (QED) is 0.150. The summed E-state index contributed by atoms with van der Waals surface area (Å²) >= 11 is 0. The Balaban J connectivity index is 1.14. The maximum Gasteiger partial charge on any atom is 0.407 e. The van der Waals surface area contributed by atoms with Gasteiger partial charge in [0.2, 0.25) is 11.8 Å². The molecule has 304 valence electrons. The van der Waals surface area contributed by atoms with Gasteiger partial charge in [0, 0.05) is 63.4 Å². The van der Waals surface area contributed by atoms with Crippen LogP contribution in [0.3, 0.4) is 0 Å². The van der Waals surface area contributed by atoms with Crippen molar-refractivity contribution in [2.45, 2.75) is 75.9 Å². The van der Waals surface area contributed by atoms with Crippen molar-refractivity contribution in [1.82, 2.24) is 49.9 Å². The Morgan fingerprint density at radius 2 is 1.42 bits per heavy atom. The maximum atomic E-state index is 15.7. The van der Waals surface area contributed by atoms with Crippen LogP contribution in [-0.2, 0) is 23.8 Å². The van der Waals surface area contributed by atoms with Gasteiger partial charge in [-0.25, -0.2) is 33.9 Å². The monoisotopic (exact) mass is 790 g/mol. The molecule has 2 saturated heterocycles. The van der Waals surface area contributed by atoms with Gasteiger partial charge in [-0.15, -0.1) is 0 Å². The molecule has 57 heavy (non-hydrogen) atoms. The molecule has 0 saturated carbocycles. The summed E-state index contributed by atoms with van der Waals surface area (Å²) < 4.78 is 31.1. The largest absolute Gasteiger partial charge is 0.465 e. The number of benzene rings is 1. The molecule has 4 amide bonds. The van der Waals surface area contributed by atoms with E-state index in [1.54, 1.807) is 54.4 Å². The number of ether oxygens (including phenoxy) is 3. The summed E-state index contributed by atoms with van der Waals surface area (Å²) in [5.41, 5.74) is 2.37. The van der Waals surface area contributed by atoms with Crippen LogP contribution >= 0.6 is 0 Å². The van der Waals surface area contributed by atoms with Crippen molar-refractivity contribution in [2.75, 3.05) is 41.5 Å². The van der Waals surface area contributed by atoms with Crippen LogP contribution in [0.15, 0.2) is 43.0 Å². The van der Waals surface area contributed by atoms with Gasteiger partial charge in [0.15, 0.2) is 5.82 Å². The van der Waals surface area contributed by atoms with Crippen molar-refractivity contribution >= 4 is 24.0 Å². The van der Waals surface area contributed by atoms with Crippen molar-refractivity contribution in [2.24, 2.45) is 0 Å². The molecule has 0 aliphatic carbocycles. The summed E-state index contributed by atoms with van der Waals surface area (Å²) in [5.74, 6) is 0.0950. The number of methoxy groups -OCH3 is 3. The Hall–Kier alpha value is -5.95. The zero-order valence-electron chi connectivity index (χ0n) is 32.6. The van der Waals surface area contributed by atoms with Gasteiger partial charge in [-0.2, -0.15) is 0 Å². The minimum Gasteiger partial charge on any atom is -0.465 e. The molecule has 6 rings (SSSR count). The second-order valence-corrected chi connectivity index (χ2v) is 14.1. The number of rotatable bonds is 13. The van der Waals surface area contributed by atoms with Gasteiger partial charge in [-0.05, 0) is 51.7 Å². The average Bonchev–Trinajstić information content (AvgIpc) is 4.06. The number of halogens is 1. The van der Waals surface area contributed by atoms with E-state index in [-0.39, 0.29) is 17.5 Å². The smallest absolute Gasteiger partial charge is 0.407 e. The number of hydrogen-bond acceptors (Lipinski definition) is 11.